The molecule has 1 fully saturated rings. The van der Waals surface area contributed by atoms with Crippen LogP contribution in [0.15, 0.2) is 42.5 Å². The van der Waals surface area contributed by atoms with Crippen LogP contribution < -0.4 is 9.47 Å². The third-order valence-corrected chi connectivity index (χ3v) is 5.35. The largest absolute Gasteiger partial charge is 0.507 e. The number of phenols is 3. The highest BCUT2D eigenvalue weighted by atomic mass is 16.8. The maximum absolute atomic E-state index is 12.6. The first kappa shape index (κ1) is 14.7. The van der Waals surface area contributed by atoms with Crippen LogP contribution in [0.1, 0.15) is 15.9 Å². The molecule has 3 N–H and O–H groups in total. The minimum absolute atomic E-state index is 0.0435. The summed E-state index contributed by atoms with van der Waals surface area (Å²) < 4.78 is 17.9. The highest BCUT2D eigenvalue weighted by Gasteiger charge is 2.70. The molecule has 0 bridgehead atoms. The second-order valence-electron chi connectivity index (χ2n) is 6.83. The molecule has 0 amide bonds. The Bertz CT molecular complexity index is 1170. The van der Waals surface area contributed by atoms with Gasteiger partial charge in [0.1, 0.15) is 28.7 Å². The molecular weight excluding hydrogens is 352 g/mol. The van der Waals surface area contributed by atoms with E-state index >= 15 is 0 Å². The topological polar surface area (TPSA) is 109 Å². The molecule has 7 nitrogen and oxygen atoms in total. The molecule has 3 atom stereocenters. The van der Waals surface area contributed by atoms with Crippen molar-refractivity contribution in [2.24, 2.45) is 0 Å². The maximum Gasteiger partial charge on any atom is 0.312 e. The van der Waals surface area contributed by atoms with Gasteiger partial charge in [0.2, 0.25) is 0 Å². The van der Waals surface area contributed by atoms with Crippen molar-refractivity contribution in [3.8, 4) is 28.7 Å². The van der Waals surface area contributed by atoms with E-state index in [1.807, 2.05) is 0 Å². The average Bonchev–Trinajstić information content (AvgIpc) is 3.47. The van der Waals surface area contributed by atoms with Crippen molar-refractivity contribution in [1.82, 2.24) is 0 Å². The van der Waals surface area contributed by atoms with Gasteiger partial charge in [0.15, 0.2) is 18.0 Å². The second kappa shape index (κ2) is 4.44. The number of ether oxygens (including phenoxy) is 3. The fraction of sp³-hybridized carbons (Fsp3) is 0.150. The van der Waals surface area contributed by atoms with Gasteiger partial charge in [0.05, 0.1) is 16.5 Å². The normalized spacial score (nSPS) is 26.9. The van der Waals surface area contributed by atoms with Crippen molar-refractivity contribution >= 4 is 16.6 Å². The molecule has 2 heterocycles. The Hall–Kier alpha value is -3.45. The minimum atomic E-state index is -1.62. The van der Waals surface area contributed by atoms with E-state index in [2.05, 4.69) is 0 Å². The molecule has 134 valence electrons. The van der Waals surface area contributed by atoms with Crippen LogP contribution in [0.3, 0.4) is 0 Å². The Labute approximate surface area is 151 Å². The van der Waals surface area contributed by atoms with E-state index in [1.165, 1.54) is 18.2 Å². The molecule has 0 aromatic heterocycles. The number of aromatic hydroxyl groups is 3. The number of Topliss-reactive ketones (excluding diaryl/α,β-unsaturated/α-hetero) is 1. The third kappa shape index (κ3) is 1.63. The SMILES string of the molecule is O=C1c2c(O)ccc(O)c2C2(Oc3cccc4c(O)ccc(c34)O2)[C@@H]2O[C@H]12. The summed E-state index contributed by atoms with van der Waals surface area (Å²) in [5.41, 5.74) is -0.0230. The number of hydrogen-bond acceptors (Lipinski definition) is 7. The van der Waals surface area contributed by atoms with Crippen molar-refractivity contribution in [3.63, 3.8) is 0 Å². The highest BCUT2D eigenvalue weighted by Crippen LogP contribution is 2.58. The number of fused-ring (bicyclic) bond motifs is 4. The zero-order valence-corrected chi connectivity index (χ0v) is 13.7. The average molecular weight is 364 g/mol. The van der Waals surface area contributed by atoms with Crippen LogP contribution in [0.25, 0.3) is 10.8 Å². The van der Waals surface area contributed by atoms with Crippen molar-refractivity contribution < 1.29 is 34.3 Å². The predicted octanol–water partition coefficient (Wildman–Crippen LogP) is 2.54. The van der Waals surface area contributed by atoms with Crippen LogP contribution in [0, 0.1) is 0 Å². The first-order valence-electron chi connectivity index (χ1n) is 8.39. The lowest BCUT2D eigenvalue weighted by molar-refractivity contribution is -0.146. The molecule has 7 heteroatoms. The number of hydrogen-bond donors (Lipinski definition) is 3. The molecule has 2 aliphatic heterocycles. The number of carbonyl (C=O) groups is 1. The van der Waals surface area contributed by atoms with Crippen LogP contribution in [0.2, 0.25) is 0 Å². The standard InChI is InChI=1S/C20H12O7/c21-9-6-7-13-14-8(9)2-1-3-12(14)26-20(27-13)16-11(23)5-4-10(22)15(16)17(24)18-19(20)25-18/h1-7,18-19,21-23H/t18-,19-,20?/m1/s1. The number of carbonyl (C=O) groups excluding carboxylic acids is 1. The lowest BCUT2D eigenvalue weighted by Crippen LogP contribution is -2.51. The third-order valence-electron chi connectivity index (χ3n) is 5.35. The number of phenolic OH excluding ortho intramolecular Hbond substituents is 3. The Kier molecular flexibility index (Phi) is 2.42. The van der Waals surface area contributed by atoms with Crippen molar-refractivity contribution in [3.05, 3.63) is 53.6 Å². The highest BCUT2D eigenvalue weighted by molar-refractivity contribution is 6.07. The van der Waals surface area contributed by atoms with E-state index in [4.69, 9.17) is 14.2 Å². The number of ketones is 1. The quantitative estimate of drug-likeness (QED) is 0.415. The summed E-state index contributed by atoms with van der Waals surface area (Å²) in [4.78, 5) is 12.6. The summed E-state index contributed by atoms with van der Waals surface area (Å²) in [6.45, 7) is 0. The molecule has 1 spiro atoms. The number of rotatable bonds is 0. The Morgan fingerprint density at radius 2 is 1.56 bits per heavy atom. The summed E-state index contributed by atoms with van der Waals surface area (Å²) in [6, 6.07) is 10.8. The van der Waals surface area contributed by atoms with Crippen LogP contribution in [0.4, 0.5) is 0 Å². The van der Waals surface area contributed by atoms with Gasteiger partial charge >= 0.3 is 5.79 Å². The van der Waals surface area contributed by atoms with E-state index in [0.29, 0.717) is 22.3 Å². The summed E-state index contributed by atoms with van der Waals surface area (Å²) in [6.07, 6.45) is -1.58. The zero-order valence-electron chi connectivity index (χ0n) is 13.7. The van der Waals surface area contributed by atoms with Crippen molar-refractivity contribution in [2.45, 2.75) is 18.0 Å². The summed E-state index contributed by atoms with van der Waals surface area (Å²) in [7, 11) is 0. The van der Waals surface area contributed by atoms with Crippen molar-refractivity contribution in [1.29, 1.82) is 0 Å². The van der Waals surface area contributed by atoms with E-state index in [9.17, 15) is 20.1 Å². The molecule has 1 unspecified atom stereocenters. The van der Waals surface area contributed by atoms with Gasteiger partial charge in [-0.15, -0.1) is 0 Å². The monoisotopic (exact) mass is 364 g/mol. The van der Waals surface area contributed by atoms with Gasteiger partial charge in [-0.05, 0) is 30.3 Å². The van der Waals surface area contributed by atoms with Gasteiger partial charge in [0.25, 0.3) is 0 Å². The fourth-order valence-electron chi connectivity index (χ4n) is 4.13. The van der Waals surface area contributed by atoms with E-state index < -0.39 is 23.8 Å². The number of epoxide rings is 1. The molecule has 1 aliphatic carbocycles. The molecule has 0 saturated carbocycles. The molecule has 0 radical (unpaired) electrons. The molecule has 1 saturated heterocycles. The predicted molar refractivity (Wildman–Crippen MR) is 91.3 cm³/mol. The van der Waals surface area contributed by atoms with Crippen LogP contribution in [-0.4, -0.2) is 33.3 Å². The Morgan fingerprint density at radius 1 is 0.852 bits per heavy atom. The Balaban J connectivity index is 1.66. The smallest absolute Gasteiger partial charge is 0.312 e. The summed E-state index contributed by atoms with van der Waals surface area (Å²) in [5, 5.41) is 32.0. The van der Waals surface area contributed by atoms with Crippen LogP contribution in [0.5, 0.6) is 28.7 Å². The van der Waals surface area contributed by atoms with Gasteiger partial charge in [-0.2, -0.15) is 0 Å². The Morgan fingerprint density at radius 3 is 2.37 bits per heavy atom. The second-order valence-corrected chi connectivity index (χ2v) is 6.83. The van der Waals surface area contributed by atoms with Gasteiger partial charge in [-0.25, -0.2) is 0 Å². The molecule has 27 heavy (non-hydrogen) atoms. The number of benzene rings is 3. The molecule has 3 aromatic carbocycles. The lowest BCUT2D eigenvalue weighted by atomic mass is 9.83. The molecule has 6 rings (SSSR count). The zero-order chi connectivity index (χ0) is 18.5. The van der Waals surface area contributed by atoms with Gasteiger partial charge in [-0.3, -0.25) is 4.79 Å². The van der Waals surface area contributed by atoms with Gasteiger partial charge < -0.3 is 29.5 Å². The van der Waals surface area contributed by atoms with E-state index in [-0.39, 0.29) is 28.4 Å². The first-order valence-corrected chi connectivity index (χ1v) is 8.39. The fourth-order valence-corrected chi connectivity index (χ4v) is 4.13. The minimum Gasteiger partial charge on any atom is -0.507 e. The van der Waals surface area contributed by atoms with Crippen LogP contribution >= 0.6 is 0 Å². The first-order chi connectivity index (χ1) is 13.0. The summed E-state index contributed by atoms with van der Waals surface area (Å²) >= 11 is 0. The van der Waals surface area contributed by atoms with E-state index in [0.717, 1.165) is 0 Å². The maximum atomic E-state index is 12.6. The summed E-state index contributed by atoms with van der Waals surface area (Å²) in [5.74, 6) is -1.63. The van der Waals surface area contributed by atoms with Crippen LogP contribution in [-0.2, 0) is 10.5 Å². The molecular formula is C20H12O7. The molecule has 3 aromatic rings. The van der Waals surface area contributed by atoms with Gasteiger partial charge in [0, 0.05) is 5.39 Å². The van der Waals surface area contributed by atoms with Crippen molar-refractivity contribution in [2.75, 3.05) is 0 Å². The van der Waals surface area contributed by atoms with E-state index in [1.54, 1.807) is 24.3 Å². The lowest BCUT2D eigenvalue weighted by Gasteiger charge is -2.40. The van der Waals surface area contributed by atoms with Gasteiger partial charge in [-0.1, -0.05) is 12.1 Å². The molecule has 3 aliphatic rings.